The van der Waals surface area contributed by atoms with Crippen LogP contribution in [0.25, 0.3) is 0 Å². The van der Waals surface area contributed by atoms with Gasteiger partial charge >= 0.3 is 12.2 Å². The first-order chi connectivity index (χ1) is 10.3. The number of hydrogen-bond donors (Lipinski definition) is 2. The Morgan fingerprint density at radius 3 is 2.23 bits per heavy atom. The molecule has 0 atom stereocenters. The maximum atomic E-state index is 12.8. The average molecular weight is 349 g/mol. The van der Waals surface area contributed by atoms with Gasteiger partial charge in [-0.25, -0.2) is 4.79 Å². The summed E-state index contributed by atoms with van der Waals surface area (Å²) in [4.78, 5) is 11.8. The molecule has 0 aliphatic rings. The molecule has 2 aromatic carbocycles. The van der Waals surface area contributed by atoms with Crippen molar-refractivity contribution in [3.05, 3.63) is 58.1 Å². The Morgan fingerprint density at radius 1 is 0.955 bits per heavy atom. The molecule has 2 aromatic rings. The molecule has 2 rings (SSSR count). The fourth-order valence-electron chi connectivity index (χ4n) is 1.71. The highest BCUT2D eigenvalue weighted by atomic mass is 35.5. The van der Waals surface area contributed by atoms with E-state index in [1.807, 2.05) is 0 Å². The van der Waals surface area contributed by atoms with E-state index in [4.69, 9.17) is 23.2 Å². The van der Waals surface area contributed by atoms with E-state index < -0.39 is 17.8 Å². The zero-order chi connectivity index (χ0) is 16.3. The van der Waals surface area contributed by atoms with Crippen LogP contribution in [0.15, 0.2) is 42.5 Å². The SMILES string of the molecule is O=C(Nc1ccc(Cl)cc1Cl)Nc1ccccc1C(F)(F)F. The van der Waals surface area contributed by atoms with E-state index in [1.54, 1.807) is 0 Å². The van der Waals surface area contributed by atoms with Crippen LogP contribution in [0.1, 0.15) is 5.56 Å². The molecule has 0 heterocycles. The highest BCUT2D eigenvalue weighted by molar-refractivity contribution is 6.36. The van der Waals surface area contributed by atoms with Gasteiger partial charge in [0.15, 0.2) is 0 Å². The topological polar surface area (TPSA) is 41.1 Å². The summed E-state index contributed by atoms with van der Waals surface area (Å²) in [6.07, 6.45) is -4.57. The van der Waals surface area contributed by atoms with Crippen molar-refractivity contribution in [2.45, 2.75) is 6.18 Å². The normalized spacial score (nSPS) is 11.1. The molecule has 0 radical (unpaired) electrons. The van der Waals surface area contributed by atoms with Gasteiger partial charge in [0.1, 0.15) is 0 Å². The first kappa shape index (κ1) is 16.5. The van der Waals surface area contributed by atoms with Gasteiger partial charge in [-0.1, -0.05) is 35.3 Å². The van der Waals surface area contributed by atoms with Crippen molar-refractivity contribution in [2.75, 3.05) is 10.6 Å². The van der Waals surface area contributed by atoms with Gasteiger partial charge < -0.3 is 10.6 Å². The van der Waals surface area contributed by atoms with Gasteiger partial charge in [0.05, 0.1) is 22.0 Å². The molecule has 0 bridgehead atoms. The molecule has 22 heavy (non-hydrogen) atoms. The molecule has 0 unspecified atom stereocenters. The second-order valence-electron chi connectivity index (χ2n) is 4.25. The van der Waals surface area contributed by atoms with Crippen molar-refractivity contribution in [3.8, 4) is 0 Å². The summed E-state index contributed by atoms with van der Waals surface area (Å²) in [6, 6.07) is 8.16. The molecule has 0 fully saturated rings. The predicted molar refractivity (Wildman–Crippen MR) is 80.5 cm³/mol. The summed E-state index contributed by atoms with van der Waals surface area (Å²) < 4.78 is 38.5. The zero-order valence-corrected chi connectivity index (χ0v) is 12.4. The minimum Gasteiger partial charge on any atom is -0.307 e. The quantitative estimate of drug-likeness (QED) is 0.722. The van der Waals surface area contributed by atoms with Crippen LogP contribution in [0.3, 0.4) is 0 Å². The number of amides is 2. The largest absolute Gasteiger partial charge is 0.418 e. The number of alkyl halides is 3. The summed E-state index contributed by atoms with van der Waals surface area (Å²) in [5.74, 6) is 0. The van der Waals surface area contributed by atoms with Gasteiger partial charge in [-0.15, -0.1) is 0 Å². The Morgan fingerprint density at radius 2 is 1.59 bits per heavy atom. The fraction of sp³-hybridized carbons (Fsp3) is 0.0714. The number of urea groups is 1. The standard InChI is InChI=1S/C14H9Cl2F3N2O/c15-8-5-6-12(10(16)7-8)21-13(22)20-11-4-2-1-3-9(11)14(17,18)19/h1-7H,(H2,20,21,22). The predicted octanol–water partition coefficient (Wildman–Crippen LogP) is 5.66. The molecule has 2 amide bonds. The van der Waals surface area contributed by atoms with Crippen molar-refractivity contribution in [2.24, 2.45) is 0 Å². The number of carbonyl (C=O) groups excluding carboxylic acids is 1. The molecule has 0 saturated heterocycles. The molecular weight excluding hydrogens is 340 g/mol. The van der Waals surface area contributed by atoms with Crippen LogP contribution in [0.5, 0.6) is 0 Å². The van der Waals surface area contributed by atoms with Crippen molar-refractivity contribution >= 4 is 40.6 Å². The molecule has 0 aliphatic carbocycles. The molecule has 116 valence electrons. The van der Waals surface area contributed by atoms with Gasteiger partial charge in [0.25, 0.3) is 0 Å². The third-order valence-electron chi connectivity index (χ3n) is 2.66. The van der Waals surface area contributed by atoms with Crippen LogP contribution in [0.4, 0.5) is 29.3 Å². The van der Waals surface area contributed by atoms with Gasteiger partial charge in [-0.2, -0.15) is 13.2 Å². The molecule has 0 aliphatic heterocycles. The van der Waals surface area contributed by atoms with Crippen LogP contribution in [0.2, 0.25) is 10.0 Å². The third kappa shape index (κ3) is 4.05. The van der Waals surface area contributed by atoms with Crippen molar-refractivity contribution in [1.29, 1.82) is 0 Å². The van der Waals surface area contributed by atoms with Crippen molar-refractivity contribution < 1.29 is 18.0 Å². The van der Waals surface area contributed by atoms with Gasteiger partial charge in [0.2, 0.25) is 0 Å². The summed E-state index contributed by atoms with van der Waals surface area (Å²) >= 11 is 11.6. The molecule has 0 spiro atoms. The van der Waals surface area contributed by atoms with E-state index in [0.717, 1.165) is 12.1 Å². The van der Waals surface area contributed by atoms with E-state index in [0.29, 0.717) is 5.02 Å². The maximum absolute atomic E-state index is 12.8. The average Bonchev–Trinajstić information content (AvgIpc) is 2.41. The Balaban J connectivity index is 2.16. The number of hydrogen-bond acceptors (Lipinski definition) is 1. The number of halogens is 5. The lowest BCUT2D eigenvalue weighted by atomic mass is 10.1. The van der Waals surface area contributed by atoms with E-state index in [9.17, 15) is 18.0 Å². The zero-order valence-electron chi connectivity index (χ0n) is 10.8. The Labute approximate surface area is 134 Å². The number of para-hydroxylation sites is 1. The summed E-state index contributed by atoms with van der Waals surface area (Å²) in [6.45, 7) is 0. The molecule has 0 aromatic heterocycles. The number of nitrogens with one attached hydrogen (secondary N) is 2. The van der Waals surface area contributed by atoms with E-state index in [-0.39, 0.29) is 16.4 Å². The van der Waals surface area contributed by atoms with Gasteiger partial charge in [-0.3, -0.25) is 0 Å². The highest BCUT2D eigenvalue weighted by Crippen LogP contribution is 2.34. The molecule has 2 N–H and O–H groups in total. The lowest BCUT2D eigenvalue weighted by Crippen LogP contribution is -2.22. The van der Waals surface area contributed by atoms with Crippen molar-refractivity contribution in [3.63, 3.8) is 0 Å². The van der Waals surface area contributed by atoms with Gasteiger partial charge in [-0.05, 0) is 30.3 Å². The Kier molecular flexibility index (Phi) is 4.83. The first-order valence-electron chi connectivity index (χ1n) is 5.96. The smallest absolute Gasteiger partial charge is 0.307 e. The number of rotatable bonds is 2. The fourth-order valence-corrected chi connectivity index (χ4v) is 2.16. The Hall–Kier alpha value is -1.92. The van der Waals surface area contributed by atoms with Crippen LogP contribution in [0, 0.1) is 0 Å². The number of benzene rings is 2. The van der Waals surface area contributed by atoms with E-state index in [2.05, 4.69) is 10.6 Å². The summed E-state index contributed by atoms with van der Waals surface area (Å²) in [5, 5.41) is 5.05. The summed E-state index contributed by atoms with van der Waals surface area (Å²) in [7, 11) is 0. The van der Waals surface area contributed by atoms with E-state index >= 15 is 0 Å². The second kappa shape index (κ2) is 6.46. The minimum atomic E-state index is -4.57. The molecule has 3 nitrogen and oxygen atoms in total. The lowest BCUT2D eigenvalue weighted by Gasteiger charge is -2.14. The molecular formula is C14H9Cl2F3N2O. The van der Waals surface area contributed by atoms with Crippen LogP contribution in [-0.2, 0) is 6.18 Å². The Bertz CT molecular complexity index is 705. The lowest BCUT2D eigenvalue weighted by molar-refractivity contribution is -0.136. The van der Waals surface area contributed by atoms with E-state index in [1.165, 1.54) is 30.3 Å². The van der Waals surface area contributed by atoms with Crippen molar-refractivity contribution in [1.82, 2.24) is 0 Å². The van der Waals surface area contributed by atoms with Crippen LogP contribution >= 0.6 is 23.2 Å². The van der Waals surface area contributed by atoms with Crippen LogP contribution in [-0.4, -0.2) is 6.03 Å². The van der Waals surface area contributed by atoms with Gasteiger partial charge in [0, 0.05) is 5.02 Å². The third-order valence-corrected chi connectivity index (χ3v) is 3.21. The van der Waals surface area contributed by atoms with Crippen LogP contribution < -0.4 is 10.6 Å². The number of anilines is 2. The first-order valence-corrected chi connectivity index (χ1v) is 6.72. The number of carbonyl (C=O) groups is 1. The highest BCUT2D eigenvalue weighted by Gasteiger charge is 2.33. The monoisotopic (exact) mass is 348 g/mol. The molecule has 8 heteroatoms. The second-order valence-corrected chi connectivity index (χ2v) is 5.09. The molecule has 0 saturated carbocycles. The maximum Gasteiger partial charge on any atom is 0.418 e. The summed E-state index contributed by atoms with van der Waals surface area (Å²) in [5.41, 5.74) is -1.06. The minimum absolute atomic E-state index is 0.173.